The van der Waals surface area contributed by atoms with E-state index in [-0.39, 0.29) is 11.9 Å². The number of hydrogen-bond acceptors (Lipinski definition) is 4. The number of nitrogens with zero attached hydrogens (tertiary/aromatic N) is 3. The predicted octanol–water partition coefficient (Wildman–Crippen LogP) is 3.14. The molecule has 0 saturated heterocycles. The van der Waals surface area contributed by atoms with E-state index in [0.717, 1.165) is 17.8 Å². The van der Waals surface area contributed by atoms with Crippen LogP contribution in [0, 0.1) is 0 Å². The number of halogens is 1. The number of nitrogens with one attached hydrogen (secondary N) is 1. The molecule has 0 fully saturated rings. The first-order valence-corrected chi connectivity index (χ1v) is 8.45. The third-order valence-corrected chi connectivity index (χ3v) is 4.56. The number of benzene rings is 1. The van der Waals surface area contributed by atoms with E-state index in [4.69, 9.17) is 11.6 Å². The highest BCUT2D eigenvalue weighted by Gasteiger charge is 2.13. The summed E-state index contributed by atoms with van der Waals surface area (Å²) in [7, 11) is 1.89. The number of amides is 1. The summed E-state index contributed by atoms with van der Waals surface area (Å²) >= 11 is 7.27. The number of carbonyl (C=O) groups excluding carboxylic acids is 1. The fourth-order valence-corrected chi connectivity index (χ4v) is 2.69. The molecule has 1 atom stereocenters. The molecule has 0 radical (unpaired) electrons. The Morgan fingerprint density at radius 1 is 1.36 bits per heavy atom. The SMILES string of the molecule is CC[C@H](C)NC(=O)CSc1nnc(-c2ccc(Cl)cc2)n1C. The van der Waals surface area contributed by atoms with Crippen LogP contribution in [0.15, 0.2) is 29.4 Å². The quantitative estimate of drug-likeness (QED) is 0.822. The van der Waals surface area contributed by atoms with E-state index in [2.05, 4.69) is 15.5 Å². The second-order valence-corrected chi connectivity index (χ2v) is 6.42. The summed E-state index contributed by atoms with van der Waals surface area (Å²) < 4.78 is 1.88. The fourth-order valence-electron chi connectivity index (χ4n) is 1.84. The second kappa shape index (κ2) is 7.65. The predicted molar refractivity (Wildman–Crippen MR) is 90.1 cm³/mol. The van der Waals surface area contributed by atoms with Crippen molar-refractivity contribution in [3.63, 3.8) is 0 Å². The Kier molecular flexibility index (Phi) is 5.85. The maximum atomic E-state index is 11.8. The van der Waals surface area contributed by atoms with Crippen LogP contribution in [0.1, 0.15) is 20.3 Å². The lowest BCUT2D eigenvalue weighted by molar-refractivity contribution is -0.119. The summed E-state index contributed by atoms with van der Waals surface area (Å²) in [6, 6.07) is 7.63. The molecule has 0 aliphatic rings. The molecular formula is C15H19ClN4OS. The molecule has 1 N–H and O–H groups in total. The normalized spacial score (nSPS) is 12.2. The average molecular weight is 339 g/mol. The summed E-state index contributed by atoms with van der Waals surface area (Å²) in [4.78, 5) is 11.8. The van der Waals surface area contributed by atoms with Crippen LogP contribution in [-0.2, 0) is 11.8 Å². The smallest absolute Gasteiger partial charge is 0.230 e. The van der Waals surface area contributed by atoms with E-state index in [1.807, 2.05) is 49.7 Å². The zero-order valence-corrected chi connectivity index (χ0v) is 14.4. The van der Waals surface area contributed by atoms with Crippen molar-refractivity contribution in [3.05, 3.63) is 29.3 Å². The van der Waals surface area contributed by atoms with E-state index >= 15 is 0 Å². The lowest BCUT2D eigenvalue weighted by Crippen LogP contribution is -2.33. The molecule has 2 aromatic rings. The molecule has 0 bridgehead atoms. The van der Waals surface area contributed by atoms with Gasteiger partial charge in [-0.1, -0.05) is 30.3 Å². The maximum Gasteiger partial charge on any atom is 0.230 e. The number of carbonyl (C=O) groups is 1. The Labute approximate surface area is 139 Å². The first kappa shape index (κ1) is 16.8. The standard InChI is InChI=1S/C15H19ClN4OS/c1-4-10(2)17-13(21)9-22-15-19-18-14(20(15)3)11-5-7-12(16)8-6-11/h5-8,10H,4,9H2,1-3H3,(H,17,21)/t10-/m0/s1. The average Bonchev–Trinajstić information content (AvgIpc) is 2.87. The molecule has 1 aromatic heterocycles. The minimum absolute atomic E-state index is 0.00962. The highest BCUT2D eigenvalue weighted by molar-refractivity contribution is 7.99. The van der Waals surface area contributed by atoms with E-state index in [0.29, 0.717) is 15.9 Å². The third-order valence-electron chi connectivity index (χ3n) is 3.29. The minimum atomic E-state index is 0.00962. The van der Waals surface area contributed by atoms with Gasteiger partial charge < -0.3 is 9.88 Å². The molecule has 1 heterocycles. The fraction of sp³-hybridized carbons (Fsp3) is 0.400. The molecule has 1 aromatic carbocycles. The van der Waals surface area contributed by atoms with Gasteiger partial charge in [0.15, 0.2) is 11.0 Å². The van der Waals surface area contributed by atoms with Gasteiger partial charge in [0.05, 0.1) is 5.75 Å². The first-order chi connectivity index (χ1) is 10.5. The Balaban J connectivity index is 2.02. The summed E-state index contributed by atoms with van der Waals surface area (Å²) in [5.74, 6) is 1.09. The molecule has 22 heavy (non-hydrogen) atoms. The summed E-state index contributed by atoms with van der Waals surface area (Å²) in [6.45, 7) is 4.03. The van der Waals surface area contributed by atoms with E-state index in [9.17, 15) is 4.79 Å². The lowest BCUT2D eigenvalue weighted by Gasteiger charge is -2.10. The molecule has 7 heteroatoms. The third kappa shape index (κ3) is 4.24. The number of hydrogen-bond donors (Lipinski definition) is 1. The molecule has 0 aliphatic heterocycles. The second-order valence-electron chi connectivity index (χ2n) is 5.04. The van der Waals surface area contributed by atoms with Crippen LogP contribution in [0.2, 0.25) is 5.02 Å². The van der Waals surface area contributed by atoms with Crippen molar-refractivity contribution in [2.24, 2.45) is 7.05 Å². The van der Waals surface area contributed by atoms with Gasteiger partial charge in [0.2, 0.25) is 5.91 Å². The van der Waals surface area contributed by atoms with Crippen molar-refractivity contribution in [1.29, 1.82) is 0 Å². The number of thioether (sulfide) groups is 1. The monoisotopic (exact) mass is 338 g/mol. The van der Waals surface area contributed by atoms with Crippen molar-refractivity contribution in [2.45, 2.75) is 31.5 Å². The van der Waals surface area contributed by atoms with Gasteiger partial charge >= 0.3 is 0 Å². The van der Waals surface area contributed by atoms with E-state index in [1.165, 1.54) is 11.8 Å². The molecule has 1 amide bonds. The van der Waals surface area contributed by atoms with Crippen LogP contribution in [-0.4, -0.2) is 32.5 Å². The van der Waals surface area contributed by atoms with Gasteiger partial charge in [-0.25, -0.2) is 0 Å². The van der Waals surface area contributed by atoms with Crippen LogP contribution in [0.4, 0.5) is 0 Å². The van der Waals surface area contributed by atoms with E-state index in [1.54, 1.807) is 0 Å². The van der Waals surface area contributed by atoms with Crippen LogP contribution in [0.25, 0.3) is 11.4 Å². The summed E-state index contributed by atoms with van der Waals surface area (Å²) in [6.07, 6.45) is 0.918. The molecule has 5 nitrogen and oxygen atoms in total. The minimum Gasteiger partial charge on any atom is -0.353 e. The topological polar surface area (TPSA) is 59.8 Å². The highest BCUT2D eigenvalue weighted by Crippen LogP contribution is 2.23. The number of aromatic nitrogens is 3. The zero-order chi connectivity index (χ0) is 16.1. The molecule has 0 aliphatic carbocycles. The molecule has 118 valence electrons. The molecule has 0 spiro atoms. The Hall–Kier alpha value is -1.53. The van der Waals surface area contributed by atoms with Gasteiger partial charge in [-0.15, -0.1) is 10.2 Å². The van der Waals surface area contributed by atoms with Crippen LogP contribution >= 0.6 is 23.4 Å². The molecule has 2 rings (SSSR count). The summed E-state index contributed by atoms with van der Waals surface area (Å²) in [5, 5.41) is 12.7. The Morgan fingerprint density at radius 2 is 2.05 bits per heavy atom. The van der Waals surface area contributed by atoms with Crippen molar-refractivity contribution in [2.75, 3.05) is 5.75 Å². The number of rotatable bonds is 6. The largest absolute Gasteiger partial charge is 0.353 e. The summed E-state index contributed by atoms with van der Waals surface area (Å²) in [5.41, 5.74) is 0.940. The Morgan fingerprint density at radius 3 is 2.68 bits per heavy atom. The van der Waals surface area contributed by atoms with Gasteiger partial charge in [0, 0.05) is 23.7 Å². The van der Waals surface area contributed by atoms with Crippen LogP contribution < -0.4 is 5.32 Å². The molecular weight excluding hydrogens is 320 g/mol. The van der Waals surface area contributed by atoms with E-state index < -0.39 is 0 Å². The lowest BCUT2D eigenvalue weighted by atomic mass is 10.2. The van der Waals surface area contributed by atoms with Crippen molar-refractivity contribution in [3.8, 4) is 11.4 Å². The maximum absolute atomic E-state index is 11.8. The Bertz CT molecular complexity index is 641. The van der Waals surface area contributed by atoms with Gasteiger partial charge in [-0.3, -0.25) is 4.79 Å². The van der Waals surface area contributed by atoms with Gasteiger partial charge in [0.1, 0.15) is 0 Å². The first-order valence-electron chi connectivity index (χ1n) is 7.08. The van der Waals surface area contributed by atoms with Gasteiger partial charge in [-0.05, 0) is 37.6 Å². The van der Waals surface area contributed by atoms with Gasteiger partial charge in [-0.2, -0.15) is 0 Å². The van der Waals surface area contributed by atoms with Crippen molar-refractivity contribution < 1.29 is 4.79 Å². The van der Waals surface area contributed by atoms with Gasteiger partial charge in [0.25, 0.3) is 0 Å². The zero-order valence-electron chi connectivity index (χ0n) is 12.8. The molecule has 0 unspecified atom stereocenters. The van der Waals surface area contributed by atoms with Crippen molar-refractivity contribution >= 4 is 29.3 Å². The highest BCUT2D eigenvalue weighted by atomic mass is 35.5. The van der Waals surface area contributed by atoms with Crippen molar-refractivity contribution in [1.82, 2.24) is 20.1 Å². The van der Waals surface area contributed by atoms with Crippen LogP contribution in [0.3, 0.4) is 0 Å². The van der Waals surface area contributed by atoms with Crippen LogP contribution in [0.5, 0.6) is 0 Å². The molecule has 0 saturated carbocycles.